The lowest BCUT2D eigenvalue weighted by atomic mass is 10.0. The first-order valence-corrected chi connectivity index (χ1v) is 5.00. The van der Waals surface area contributed by atoms with Crippen LogP contribution in [0.5, 0.6) is 0 Å². The molecule has 0 aromatic heterocycles. The van der Waals surface area contributed by atoms with Crippen molar-refractivity contribution in [3.8, 4) is 0 Å². The maximum atomic E-state index is 10.2. The minimum absolute atomic E-state index is 0.0641. The molecule has 0 aliphatic heterocycles. The SMILES string of the molecule is CC(CCc1ccccc1N=C=O)N=C=O. The van der Waals surface area contributed by atoms with E-state index in [9.17, 15) is 9.59 Å². The number of hydrogen-bond donors (Lipinski definition) is 0. The highest BCUT2D eigenvalue weighted by molar-refractivity contribution is 5.53. The van der Waals surface area contributed by atoms with Crippen LogP contribution in [0.1, 0.15) is 18.9 Å². The first-order chi connectivity index (χ1) is 7.77. The van der Waals surface area contributed by atoms with Crippen molar-refractivity contribution < 1.29 is 9.59 Å². The average molecular weight is 216 g/mol. The Balaban J connectivity index is 2.73. The number of para-hydroxylation sites is 1. The van der Waals surface area contributed by atoms with Crippen molar-refractivity contribution in [1.29, 1.82) is 0 Å². The zero-order valence-corrected chi connectivity index (χ0v) is 9.01. The quantitative estimate of drug-likeness (QED) is 0.560. The number of carbonyl (C=O) groups excluding carboxylic acids is 2. The van der Waals surface area contributed by atoms with E-state index in [0.29, 0.717) is 12.1 Å². The van der Waals surface area contributed by atoms with Gasteiger partial charge in [-0.15, -0.1) is 0 Å². The molecule has 0 aliphatic rings. The molecule has 0 aliphatic carbocycles. The van der Waals surface area contributed by atoms with Crippen LogP contribution in [0.3, 0.4) is 0 Å². The Labute approximate surface area is 93.7 Å². The number of hydrogen-bond acceptors (Lipinski definition) is 4. The summed E-state index contributed by atoms with van der Waals surface area (Å²) < 4.78 is 0. The van der Waals surface area contributed by atoms with Crippen molar-refractivity contribution in [2.75, 3.05) is 0 Å². The third-order valence-corrected chi connectivity index (χ3v) is 2.26. The van der Waals surface area contributed by atoms with Gasteiger partial charge in [-0.3, -0.25) is 0 Å². The van der Waals surface area contributed by atoms with E-state index in [2.05, 4.69) is 9.98 Å². The highest BCUT2D eigenvalue weighted by Crippen LogP contribution is 2.20. The predicted octanol–water partition coefficient (Wildman–Crippen LogP) is 2.31. The molecule has 1 unspecified atom stereocenters. The van der Waals surface area contributed by atoms with Crippen LogP contribution in [0.25, 0.3) is 0 Å². The van der Waals surface area contributed by atoms with E-state index in [1.807, 2.05) is 25.1 Å². The van der Waals surface area contributed by atoms with Crippen LogP contribution in [0.15, 0.2) is 34.3 Å². The summed E-state index contributed by atoms with van der Waals surface area (Å²) in [6.45, 7) is 1.84. The van der Waals surface area contributed by atoms with Gasteiger partial charge in [0, 0.05) is 0 Å². The van der Waals surface area contributed by atoms with Crippen LogP contribution < -0.4 is 0 Å². The fraction of sp³-hybridized carbons (Fsp3) is 0.333. The van der Waals surface area contributed by atoms with Crippen molar-refractivity contribution in [3.05, 3.63) is 29.8 Å². The molecule has 0 amide bonds. The molecule has 0 bridgehead atoms. The zero-order valence-electron chi connectivity index (χ0n) is 9.01. The minimum atomic E-state index is -0.0641. The number of benzene rings is 1. The van der Waals surface area contributed by atoms with Crippen molar-refractivity contribution >= 4 is 17.8 Å². The Morgan fingerprint density at radius 3 is 2.69 bits per heavy atom. The lowest BCUT2D eigenvalue weighted by Gasteiger charge is -2.05. The molecule has 16 heavy (non-hydrogen) atoms. The average Bonchev–Trinajstić information content (AvgIpc) is 2.29. The van der Waals surface area contributed by atoms with Gasteiger partial charge in [0.1, 0.15) is 0 Å². The number of rotatable bonds is 5. The second-order valence-electron chi connectivity index (χ2n) is 3.44. The molecular weight excluding hydrogens is 204 g/mol. The molecule has 82 valence electrons. The van der Waals surface area contributed by atoms with Gasteiger partial charge in [-0.2, -0.15) is 4.99 Å². The van der Waals surface area contributed by atoms with Gasteiger partial charge in [-0.1, -0.05) is 18.2 Å². The fourth-order valence-corrected chi connectivity index (χ4v) is 1.40. The second-order valence-corrected chi connectivity index (χ2v) is 3.44. The van der Waals surface area contributed by atoms with Gasteiger partial charge in [-0.05, 0) is 31.4 Å². The highest BCUT2D eigenvalue weighted by Gasteiger charge is 2.04. The topological polar surface area (TPSA) is 58.9 Å². The molecule has 0 radical (unpaired) electrons. The number of nitrogens with zero attached hydrogens (tertiary/aromatic N) is 2. The molecule has 1 aromatic carbocycles. The van der Waals surface area contributed by atoms with Crippen LogP contribution in [0.2, 0.25) is 0 Å². The van der Waals surface area contributed by atoms with E-state index in [0.717, 1.165) is 12.0 Å². The maximum absolute atomic E-state index is 10.2. The van der Waals surface area contributed by atoms with E-state index in [1.54, 1.807) is 6.07 Å². The second kappa shape index (κ2) is 6.46. The van der Waals surface area contributed by atoms with E-state index in [-0.39, 0.29) is 6.04 Å². The summed E-state index contributed by atoms with van der Waals surface area (Å²) in [4.78, 5) is 27.5. The summed E-state index contributed by atoms with van der Waals surface area (Å²) in [7, 11) is 0. The van der Waals surface area contributed by atoms with E-state index in [4.69, 9.17) is 0 Å². The Kier molecular flexibility index (Phi) is 4.87. The smallest absolute Gasteiger partial charge is 0.211 e. The largest absolute Gasteiger partial charge is 0.240 e. The Hall–Kier alpha value is -2.02. The first kappa shape index (κ1) is 12.1. The molecule has 0 N–H and O–H groups in total. The standard InChI is InChI=1S/C12H12N2O2/c1-10(13-8-15)6-7-11-4-2-3-5-12(11)14-9-16/h2-5,10H,6-7H2,1H3. The van der Waals surface area contributed by atoms with Crippen LogP contribution in [0, 0.1) is 0 Å². The molecule has 0 fully saturated rings. The van der Waals surface area contributed by atoms with Gasteiger partial charge in [0.05, 0.1) is 11.7 Å². The third-order valence-electron chi connectivity index (χ3n) is 2.26. The summed E-state index contributed by atoms with van der Waals surface area (Å²) in [6, 6.07) is 7.28. The molecule has 4 heteroatoms. The summed E-state index contributed by atoms with van der Waals surface area (Å²) in [6.07, 6.45) is 4.50. The van der Waals surface area contributed by atoms with Gasteiger partial charge in [0.15, 0.2) is 0 Å². The Bertz CT molecular complexity index is 444. The first-order valence-electron chi connectivity index (χ1n) is 5.00. The molecule has 4 nitrogen and oxygen atoms in total. The normalized spacial score (nSPS) is 11.1. The van der Waals surface area contributed by atoms with Crippen LogP contribution >= 0.6 is 0 Å². The molecule has 1 aromatic rings. The Morgan fingerprint density at radius 2 is 2.00 bits per heavy atom. The lowest BCUT2D eigenvalue weighted by Crippen LogP contribution is -1.99. The predicted molar refractivity (Wildman–Crippen MR) is 60.1 cm³/mol. The van der Waals surface area contributed by atoms with Crippen LogP contribution in [-0.4, -0.2) is 18.2 Å². The van der Waals surface area contributed by atoms with E-state index in [1.165, 1.54) is 12.2 Å². The molecular formula is C12H12N2O2. The molecule has 0 heterocycles. The zero-order chi connectivity index (χ0) is 11.8. The molecule has 1 rings (SSSR count). The fourth-order valence-electron chi connectivity index (χ4n) is 1.40. The molecule has 1 atom stereocenters. The number of aryl methyl sites for hydroxylation is 1. The van der Waals surface area contributed by atoms with Gasteiger partial charge in [0.25, 0.3) is 0 Å². The van der Waals surface area contributed by atoms with Gasteiger partial charge < -0.3 is 0 Å². The van der Waals surface area contributed by atoms with Crippen LogP contribution in [-0.2, 0) is 16.0 Å². The highest BCUT2D eigenvalue weighted by atomic mass is 16.1. The van der Waals surface area contributed by atoms with E-state index >= 15 is 0 Å². The van der Waals surface area contributed by atoms with Gasteiger partial charge >= 0.3 is 0 Å². The molecule has 0 saturated heterocycles. The monoisotopic (exact) mass is 216 g/mol. The number of isocyanates is 2. The summed E-state index contributed by atoms with van der Waals surface area (Å²) in [5, 5.41) is 0. The Morgan fingerprint density at radius 1 is 1.25 bits per heavy atom. The van der Waals surface area contributed by atoms with Crippen molar-refractivity contribution in [1.82, 2.24) is 0 Å². The van der Waals surface area contributed by atoms with Crippen molar-refractivity contribution in [2.45, 2.75) is 25.8 Å². The number of aliphatic imine (C=N–C) groups is 2. The van der Waals surface area contributed by atoms with Crippen molar-refractivity contribution in [3.63, 3.8) is 0 Å². The summed E-state index contributed by atoms with van der Waals surface area (Å²) in [5.41, 5.74) is 1.58. The van der Waals surface area contributed by atoms with Gasteiger partial charge in [-0.25, -0.2) is 14.6 Å². The van der Waals surface area contributed by atoms with Crippen LogP contribution in [0.4, 0.5) is 5.69 Å². The third kappa shape index (κ3) is 3.62. The molecule has 0 spiro atoms. The molecule has 0 saturated carbocycles. The minimum Gasteiger partial charge on any atom is -0.211 e. The van der Waals surface area contributed by atoms with Crippen molar-refractivity contribution in [2.24, 2.45) is 9.98 Å². The maximum Gasteiger partial charge on any atom is 0.240 e. The van der Waals surface area contributed by atoms with Gasteiger partial charge in [0.2, 0.25) is 12.2 Å². The summed E-state index contributed by atoms with van der Waals surface area (Å²) in [5.74, 6) is 0. The lowest BCUT2D eigenvalue weighted by molar-refractivity contribution is 0.555. The summed E-state index contributed by atoms with van der Waals surface area (Å²) >= 11 is 0. The van der Waals surface area contributed by atoms with E-state index < -0.39 is 0 Å².